The zero-order valence-electron chi connectivity index (χ0n) is 7.43. The first-order valence-corrected chi connectivity index (χ1v) is 4.53. The Balaban J connectivity index is 2.27. The molecule has 2 atom stereocenters. The Morgan fingerprint density at radius 1 is 0.923 bits per heavy atom. The van der Waals surface area contributed by atoms with Gasteiger partial charge in [-0.15, -0.1) is 0 Å². The first kappa shape index (κ1) is 8.27. The van der Waals surface area contributed by atoms with Crippen LogP contribution >= 0.6 is 0 Å². The molecule has 0 bridgehead atoms. The lowest BCUT2D eigenvalue weighted by atomic mass is 9.89. The molecule has 1 aliphatic carbocycles. The highest BCUT2D eigenvalue weighted by Crippen LogP contribution is 2.23. The fraction of sp³-hybridized carbons (Fsp3) is 0.167. The van der Waals surface area contributed by atoms with Gasteiger partial charge >= 0.3 is 0 Å². The van der Waals surface area contributed by atoms with Gasteiger partial charge in [0.05, 0.1) is 0 Å². The van der Waals surface area contributed by atoms with E-state index in [1.807, 2.05) is 30.4 Å². The van der Waals surface area contributed by atoms with Gasteiger partial charge in [0, 0.05) is 12.0 Å². The zero-order chi connectivity index (χ0) is 9.10. The summed E-state index contributed by atoms with van der Waals surface area (Å²) in [6.07, 6.45) is 8.25. The number of benzene rings is 1. The molecule has 1 heteroatoms. The van der Waals surface area contributed by atoms with Crippen molar-refractivity contribution in [3.05, 3.63) is 60.2 Å². The fourth-order valence-electron chi connectivity index (χ4n) is 1.63. The SMILES string of the molecule is N[C@H]1C=CC=C[C@@H]1c1ccccc1. The van der Waals surface area contributed by atoms with Gasteiger partial charge in [-0.25, -0.2) is 0 Å². The minimum atomic E-state index is 0.118. The molecule has 0 heterocycles. The lowest BCUT2D eigenvalue weighted by molar-refractivity contribution is 0.713. The molecular formula is C12H13N. The first-order valence-electron chi connectivity index (χ1n) is 4.53. The predicted octanol–water partition coefficient (Wildman–Crippen LogP) is 2.22. The largest absolute Gasteiger partial charge is 0.324 e. The summed E-state index contributed by atoms with van der Waals surface area (Å²) in [6, 6.07) is 10.5. The second kappa shape index (κ2) is 3.58. The molecule has 0 spiro atoms. The highest BCUT2D eigenvalue weighted by molar-refractivity contribution is 5.31. The van der Waals surface area contributed by atoms with E-state index in [0.717, 1.165) is 0 Å². The van der Waals surface area contributed by atoms with E-state index in [1.54, 1.807) is 0 Å². The van der Waals surface area contributed by atoms with E-state index in [-0.39, 0.29) is 6.04 Å². The minimum Gasteiger partial charge on any atom is -0.324 e. The maximum absolute atomic E-state index is 5.97. The van der Waals surface area contributed by atoms with Gasteiger partial charge in [-0.2, -0.15) is 0 Å². The molecule has 0 saturated heterocycles. The van der Waals surface area contributed by atoms with Gasteiger partial charge in [-0.05, 0) is 5.56 Å². The summed E-state index contributed by atoms with van der Waals surface area (Å²) < 4.78 is 0. The van der Waals surface area contributed by atoms with Crippen LogP contribution in [0.25, 0.3) is 0 Å². The maximum Gasteiger partial charge on any atom is 0.0332 e. The fourth-order valence-corrected chi connectivity index (χ4v) is 1.63. The third kappa shape index (κ3) is 1.70. The van der Waals surface area contributed by atoms with Gasteiger partial charge in [0.1, 0.15) is 0 Å². The summed E-state index contributed by atoms with van der Waals surface area (Å²) in [6.45, 7) is 0. The molecule has 66 valence electrons. The lowest BCUT2D eigenvalue weighted by Crippen LogP contribution is -2.26. The van der Waals surface area contributed by atoms with Crippen molar-refractivity contribution in [3.8, 4) is 0 Å². The van der Waals surface area contributed by atoms with Gasteiger partial charge in [0.15, 0.2) is 0 Å². The second-order valence-corrected chi connectivity index (χ2v) is 3.28. The third-order valence-corrected chi connectivity index (χ3v) is 2.36. The molecule has 0 saturated carbocycles. The molecule has 0 aromatic heterocycles. The Morgan fingerprint density at radius 2 is 1.62 bits per heavy atom. The molecule has 0 amide bonds. The molecule has 2 rings (SSSR count). The molecule has 0 radical (unpaired) electrons. The molecule has 1 aromatic rings. The minimum absolute atomic E-state index is 0.118. The van der Waals surface area contributed by atoms with Crippen LogP contribution in [-0.2, 0) is 0 Å². The third-order valence-electron chi connectivity index (χ3n) is 2.36. The van der Waals surface area contributed by atoms with Crippen molar-refractivity contribution in [1.29, 1.82) is 0 Å². The van der Waals surface area contributed by atoms with Gasteiger partial charge in [-0.3, -0.25) is 0 Å². The van der Waals surface area contributed by atoms with E-state index < -0.39 is 0 Å². The van der Waals surface area contributed by atoms with Crippen molar-refractivity contribution in [2.75, 3.05) is 0 Å². The highest BCUT2D eigenvalue weighted by Gasteiger charge is 2.15. The molecule has 0 aliphatic heterocycles. The topological polar surface area (TPSA) is 26.0 Å². The van der Waals surface area contributed by atoms with Crippen molar-refractivity contribution in [3.63, 3.8) is 0 Å². The summed E-state index contributed by atoms with van der Waals surface area (Å²) in [5.74, 6) is 0.339. The van der Waals surface area contributed by atoms with E-state index in [0.29, 0.717) is 5.92 Å². The summed E-state index contributed by atoms with van der Waals surface area (Å²) >= 11 is 0. The van der Waals surface area contributed by atoms with E-state index in [2.05, 4.69) is 24.3 Å². The van der Waals surface area contributed by atoms with Gasteiger partial charge in [-0.1, -0.05) is 54.6 Å². The molecule has 13 heavy (non-hydrogen) atoms. The molecule has 1 aliphatic rings. The van der Waals surface area contributed by atoms with Crippen LogP contribution in [0.2, 0.25) is 0 Å². The van der Waals surface area contributed by atoms with Crippen LogP contribution in [0.1, 0.15) is 11.5 Å². The average Bonchev–Trinajstić information content (AvgIpc) is 2.20. The van der Waals surface area contributed by atoms with Crippen LogP contribution in [0.3, 0.4) is 0 Å². The van der Waals surface area contributed by atoms with E-state index in [9.17, 15) is 0 Å². The molecule has 1 aromatic carbocycles. The number of rotatable bonds is 1. The first-order chi connectivity index (χ1) is 6.38. The van der Waals surface area contributed by atoms with E-state index in [4.69, 9.17) is 5.73 Å². The monoisotopic (exact) mass is 171 g/mol. The quantitative estimate of drug-likeness (QED) is 0.689. The van der Waals surface area contributed by atoms with Gasteiger partial charge < -0.3 is 5.73 Å². The van der Waals surface area contributed by atoms with Gasteiger partial charge in [0.25, 0.3) is 0 Å². The molecule has 1 nitrogen and oxygen atoms in total. The summed E-state index contributed by atoms with van der Waals surface area (Å²) in [5.41, 5.74) is 7.26. The number of nitrogens with two attached hydrogens (primary N) is 1. The van der Waals surface area contributed by atoms with Crippen molar-refractivity contribution < 1.29 is 0 Å². The zero-order valence-corrected chi connectivity index (χ0v) is 7.43. The van der Waals surface area contributed by atoms with Crippen molar-refractivity contribution in [2.45, 2.75) is 12.0 Å². The summed E-state index contributed by atoms with van der Waals surface area (Å²) in [5, 5.41) is 0. The Hall–Kier alpha value is -1.34. The normalized spacial score (nSPS) is 26.2. The summed E-state index contributed by atoms with van der Waals surface area (Å²) in [7, 11) is 0. The van der Waals surface area contributed by atoms with Crippen molar-refractivity contribution in [1.82, 2.24) is 0 Å². The average molecular weight is 171 g/mol. The number of allylic oxidation sites excluding steroid dienone is 2. The Morgan fingerprint density at radius 3 is 2.31 bits per heavy atom. The van der Waals surface area contributed by atoms with Crippen LogP contribution in [0.15, 0.2) is 54.6 Å². The Kier molecular flexibility index (Phi) is 2.28. The standard InChI is InChI=1S/C12H13N/c13-12-9-5-4-8-11(12)10-6-2-1-3-7-10/h1-9,11-12H,13H2/t11-,12+/m1/s1. The van der Waals surface area contributed by atoms with Crippen molar-refractivity contribution in [2.24, 2.45) is 5.73 Å². The highest BCUT2D eigenvalue weighted by atomic mass is 14.6. The van der Waals surface area contributed by atoms with E-state index >= 15 is 0 Å². The van der Waals surface area contributed by atoms with Crippen LogP contribution < -0.4 is 5.73 Å². The number of hydrogen-bond donors (Lipinski definition) is 1. The maximum atomic E-state index is 5.97. The lowest BCUT2D eigenvalue weighted by Gasteiger charge is -2.20. The van der Waals surface area contributed by atoms with E-state index in [1.165, 1.54) is 5.56 Å². The van der Waals surface area contributed by atoms with Crippen LogP contribution in [0.5, 0.6) is 0 Å². The Bertz CT molecular complexity index is 324. The van der Waals surface area contributed by atoms with Crippen LogP contribution in [0, 0.1) is 0 Å². The smallest absolute Gasteiger partial charge is 0.0332 e. The second-order valence-electron chi connectivity index (χ2n) is 3.28. The van der Waals surface area contributed by atoms with Crippen LogP contribution in [0.4, 0.5) is 0 Å². The molecule has 0 unspecified atom stereocenters. The predicted molar refractivity (Wildman–Crippen MR) is 55.4 cm³/mol. The molecule has 2 N–H and O–H groups in total. The van der Waals surface area contributed by atoms with Crippen molar-refractivity contribution >= 4 is 0 Å². The van der Waals surface area contributed by atoms with Gasteiger partial charge in [0.2, 0.25) is 0 Å². The Labute approximate surface area is 78.6 Å². The summed E-state index contributed by atoms with van der Waals surface area (Å²) in [4.78, 5) is 0. The number of hydrogen-bond acceptors (Lipinski definition) is 1. The molecular weight excluding hydrogens is 158 g/mol. The van der Waals surface area contributed by atoms with Crippen LogP contribution in [-0.4, -0.2) is 6.04 Å². The molecule has 0 fully saturated rings.